The molecule has 0 rings (SSSR count). The average molecular weight is 154 g/mol. The quantitative estimate of drug-likeness (QED) is 0.457. The molecule has 0 heterocycles. The molecule has 0 aliphatic heterocycles. The van der Waals surface area contributed by atoms with Gasteiger partial charge in [-0.2, -0.15) is 0 Å². The van der Waals surface area contributed by atoms with Crippen LogP contribution >= 0.6 is 0 Å². The lowest BCUT2D eigenvalue weighted by Gasteiger charge is -1.98. The number of hydrogen-bond acceptors (Lipinski definition) is 2. The van der Waals surface area contributed by atoms with Crippen LogP contribution in [0.3, 0.4) is 0 Å². The van der Waals surface area contributed by atoms with E-state index in [-0.39, 0.29) is 0 Å². The molecule has 2 heteroatoms. The molecule has 0 aliphatic carbocycles. The van der Waals surface area contributed by atoms with Gasteiger partial charge in [-0.25, -0.2) is 0 Å². The van der Waals surface area contributed by atoms with E-state index in [1.54, 1.807) is 0 Å². The highest BCUT2D eigenvalue weighted by Gasteiger charge is 1.88. The van der Waals surface area contributed by atoms with Crippen molar-refractivity contribution >= 4 is 6.47 Å². The molecule has 11 heavy (non-hydrogen) atoms. The smallest absolute Gasteiger partial charge is 0.293 e. The second-order valence-electron chi connectivity index (χ2n) is 2.43. The minimum absolute atomic E-state index is 0.384. The van der Waals surface area contributed by atoms with Gasteiger partial charge in [0.1, 0.15) is 6.61 Å². The molecule has 0 spiro atoms. The summed E-state index contributed by atoms with van der Waals surface area (Å²) in [4.78, 5) is 9.80. The van der Waals surface area contributed by atoms with Gasteiger partial charge in [0.25, 0.3) is 6.47 Å². The van der Waals surface area contributed by atoms with Crippen molar-refractivity contribution in [1.29, 1.82) is 0 Å². The third kappa shape index (κ3) is 5.40. The fourth-order valence-corrected chi connectivity index (χ4v) is 0.679. The lowest BCUT2D eigenvalue weighted by atomic mass is 10.2. The lowest BCUT2D eigenvalue weighted by molar-refractivity contribution is -0.127. The number of rotatable bonds is 4. The zero-order chi connectivity index (χ0) is 8.69. The molecule has 0 N–H and O–H groups in total. The van der Waals surface area contributed by atoms with E-state index in [4.69, 9.17) is 0 Å². The zero-order valence-electron chi connectivity index (χ0n) is 7.26. The Labute approximate surface area is 67.6 Å². The first-order valence-corrected chi connectivity index (χ1v) is 3.56. The molecule has 0 saturated heterocycles. The Morgan fingerprint density at radius 2 is 2.09 bits per heavy atom. The molecule has 0 aliphatic rings. The maximum atomic E-state index is 9.80. The van der Waals surface area contributed by atoms with Crippen LogP contribution in [-0.4, -0.2) is 13.1 Å². The topological polar surface area (TPSA) is 26.3 Å². The number of ether oxygens (including phenoxy) is 1. The van der Waals surface area contributed by atoms with Gasteiger partial charge in [-0.15, -0.1) is 0 Å². The van der Waals surface area contributed by atoms with Crippen LogP contribution in [0.25, 0.3) is 0 Å². The Kier molecular flexibility index (Phi) is 5.17. The molecule has 0 aromatic rings. The van der Waals surface area contributed by atoms with E-state index in [9.17, 15) is 4.79 Å². The Hall–Kier alpha value is -1.05. The molecule has 0 aromatic carbocycles. The third-order valence-corrected chi connectivity index (χ3v) is 1.31. The standard InChI is InChI=1S/C9H14O2/c1-4-8(2)5-9(3)6-11-7-10/h4-5,7H,6H2,1-3H3. The number of allylic oxidation sites excluding steroid dienone is 3. The van der Waals surface area contributed by atoms with E-state index in [0.717, 1.165) is 5.57 Å². The number of carbonyl (C=O) groups is 1. The van der Waals surface area contributed by atoms with Crippen molar-refractivity contribution in [2.24, 2.45) is 0 Å². The molecular formula is C9H14O2. The maximum Gasteiger partial charge on any atom is 0.293 e. The summed E-state index contributed by atoms with van der Waals surface area (Å²) in [5, 5.41) is 0. The fourth-order valence-electron chi connectivity index (χ4n) is 0.679. The van der Waals surface area contributed by atoms with Crippen molar-refractivity contribution in [1.82, 2.24) is 0 Å². The summed E-state index contributed by atoms with van der Waals surface area (Å²) in [5.41, 5.74) is 2.23. The molecule has 0 unspecified atom stereocenters. The van der Waals surface area contributed by atoms with Crippen LogP contribution in [-0.2, 0) is 9.53 Å². The number of carbonyl (C=O) groups excluding carboxylic acids is 1. The minimum atomic E-state index is 0.384. The largest absolute Gasteiger partial charge is 0.463 e. The normalized spacial score (nSPS) is 13.0. The number of hydrogen-bond donors (Lipinski definition) is 0. The Balaban J connectivity index is 3.89. The van der Waals surface area contributed by atoms with Gasteiger partial charge in [0.15, 0.2) is 0 Å². The van der Waals surface area contributed by atoms with E-state index in [2.05, 4.69) is 4.74 Å². The van der Waals surface area contributed by atoms with Crippen molar-refractivity contribution in [2.75, 3.05) is 6.61 Å². The van der Waals surface area contributed by atoms with E-state index < -0.39 is 0 Å². The molecule has 2 nitrogen and oxygen atoms in total. The van der Waals surface area contributed by atoms with Gasteiger partial charge in [-0.05, 0) is 26.3 Å². The summed E-state index contributed by atoms with van der Waals surface area (Å²) >= 11 is 0. The van der Waals surface area contributed by atoms with E-state index >= 15 is 0 Å². The second-order valence-corrected chi connectivity index (χ2v) is 2.43. The molecular weight excluding hydrogens is 140 g/mol. The first-order chi connectivity index (χ1) is 5.20. The molecule has 0 fully saturated rings. The van der Waals surface area contributed by atoms with Crippen molar-refractivity contribution in [3.05, 3.63) is 23.3 Å². The van der Waals surface area contributed by atoms with Gasteiger partial charge < -0.3 is 4.74 Å². The van der Waals surface area contributed by atoms with Crippen LogP contribution in [0.1, 0.15) is 20.8 Å². The van der Waals surface area contributed by atoms with Gasteiger partial charge in [-0.1, -0.05) is 17.7 Å². The molecule has 0 saturated carbocycles. The predicted octanol–water partition coefficient (Wildman–Crippen LogP) is 2.07. The summed E-state index contributed by atoms with van der Waals surface area (Å²) < 4.78 is 4.56. The first kappa shape index (κ1) is 9.95. The molecule has 0 atom stereocenters. The molecule has 0 bridgehead atoms. The minimum Gasteiger partial charge on any atom is -0.463 e. The highest BCUT2D eigenvalue weighted by Crippen LogP contribution is 2.00. The van der Waals surface area contributed by atoms with Crippen LogP contribution in [0.2, 0.25) is 0 Å². The summed E-state index contributed by atoms with van der Waals surface area (Å²) in [6, 6.07) is 0. The van der Waals surface area contributed by atoms with Gasteiger partial charge in [0.2, 0.25) is 0 Å². The van der Waals surface area contributed by atoms with E-state index in [1.165, 1.54) is 5.57 Å². The zero-order valence-corrected chi connectivity index (χ0v) is 7.26. The Bertz CT molecular complexity index is 178. The fraction of sp³-hybridized carbons (Fsp3) is 0.444. The lowest BCUT2D eigenvalue weighted by Crippen LogP contribution is -1.92. The summed E-state index contributed by atoms with van der Waals surface area (Å²) in [6.07, 6.45) is 3.99. The predicted molar refractivity (Wildman–Crippen MR) is 45.2 cm³/mol. The first-order valence-electron chi connectivity index (χ1n) is 3.56. The van der Waals surface area contributed by atoms with Crippen LogP contribution in [0.15, 0.2) is 23.3 Å². The third-order valence-electron chi connectivity index (χ3n) is 1.31. The molecule has 0 aromatic heterocycles. The van der Waals surface area contributed by atoms with E-state index in [0.29, 0.717) is 13.1 Å². The highest BCUT2D eigenvalue weighted by atomic mass is 16.5. The van der Waals surface area contributed by atoms with Crippen LogP contribution in [0, 0.1) is 0 Å². The van der Waals surface area contributed by atoms with Crippen molar-refractivity contribution in [3.8, 4) is 0 Å². The van der Waals surface area contributed by atoms with Gasteiger partial charge in [0.05, 0.1) is 0 Å². The second kappa shape index (κ2) is 5.71. The summed E-state index contributed by atoms with van der Waals surface area (Å²) in [7, 11) is 0. The van der Waals surface area contributed by atoms with Crippen LogP contribution in [0.4, 0.5) is 0 Å². The SMILES string of the molecule is CC=C(C)C=C(C)COC=O. The van der Waals surface area contributed by atoms with E-state index in [1.807, 2.05) is 32.9 Å². The average Bonchev–Trinajstić information content (AvgIpc) is 2.00. The maximum absolute atomic E-state index is 9.80. The van der Waals surface area contributed by atoms with Gasteiger partial charge >= 0.3 is 0 Å². The monoisotopic (exact) mass is 154 g/mol. The summed E-state index contributed by atoms with van der Waals surface area (Å²) in [5.74, 6) is 0. The molecule has 0 radical (unpaired) electrons. The van der Waals surface area contributed by atoms with Crippen molar-refractivity contribution in [2.45, 2.75) is 20.8 Å². The van der Waals surface area contributed by atoms with Crippen LogP contribution < -0.4 is 0 Å². The van der Waals surface area contributed by atoms with Gasteiger partial charge in [-0.3, -0.25) is 4.79 Å². The highest BCUT2D eigenvalue weighted by molar-refractivity contribution is 5.37. The van der Waals surface area contributed by atoms with Crippen molar-refractivity contribution < 1.29 is 9.53 Å². The van der Waals surface area contributed by atoms with Crippen LogP contribution in [0.5, 0.6) is 0 Å². The summed E-state index contributed by atoms with van der Waals surface area (Å²) in [6.45, 7) is 6.75. The molecule has 62 valence electrons. The van der Waals surface area contributed by atoms with Gasteiger partial charge in [0, 0.05) is 0 Å². The van der Waals surface area contributed by atoms with Crippen molar-refractivity contribution in [3.63, 3.8) is 0 Å². The molecule has 0 amide bonds. The Morgan fingerprint density at radius 1 is 1.45 bits per heavy atom. The Morgan fingerprint density at radius 3 is 2.55 bits per heavy atom.